The predicted octanol–water partition coefficient (Wildman–Crippen LogP) is 0.982. The monoisotopic (exact) mass is 184 g/mol. The molecule has 0 bridgehead atoms. The SMILES string of the molecule is CCC1CCN(C(=O)[C@H](C)N)CC1. The van der Waals surface area contributed by atoms with Crippen LogP contribution in [0.1, 0.15) is 33.1 Å². The van der Waals surface area contributed by atoms with E-state index in [1.165, 1.54) is 6.42 Å². The number of hydrogen-bond acceptors (Lipinski definition) is 2. The molecule has 1 rings (SSSR count). The van der Waals surface area contributed by atoms with Crippen LogP contribution >= 0.6 is 0 Å². The van der Waals surface area contributed by atoms with Crippen molar-refractivity contribution in [2.75, 3.05) is 13.1 Å². The van der Waals surface area contributed by atoms with E-state index in [0.717, 1.165) is 31.8 Å². The molecule has 0 spiro atoms. The van der Waals surface area contributed by atoms with Gasteiger partial charge >= 0.3 is 0 Å². The summed E-state index contributed by atoms with van der Waals surface area (Å²) in [5.41, 5.74) is 5.54. The van der Waals surface area contributed by atoms with Gasteiger partial charge in [-0.1, -0.05) is 13.3 Å². The van der Waals surface area contributed by atoms with Gasteiger partial charge in [0, 0.05) is 13.1 Å². The number of nitrogens with zero attached hydrogens (tertiary/aromatic N) is 1. The summed E-state index contributed by atoms with van der Waals surface area (Å²) in [6.45, 7) is 5.78. The predicted molar refractivity (Wildman–Crippen MR) is 53.2 cm³/mol. The van der Waals surface area contributed by atoms with Crippen LogP contribution in [0.3, 0.4) is 0 Å². The summed E-state index contributed by atoms with van der Waals surface area (Å²) in [4.78, 5) is 13.4. The van der Waals surface area contributed by atoms with Crippen LogP contribution in [0.4, 0.5) is 0 Å². The van der Waals surface area contributed by atoms with Crippen LogP contribution < -0.4 is 5.73 Å². The van der Waals surface area contributed by atoms with E-state index in [0.29, 0.717) is 0 Å². The van der Waals surface area contributed by atoms with Crippen molar-refractivity contribution < 1.29 is 4.79 Å². The first-order valence-electron chi connectivity index (χ1n) is 5.19. The van der Waals surface area contributed by atoms with Crippen molar-refractivity contribution in [2.24, 2.45) is 11.7 Å². The van der Waals surface area contributed by atoms with Crippen LogP contribution in [0, 0.1) is 5.92 Å². The van der Waals surface area contributed by atoms with Crippen molar-refractivity contribution in [3.63, 3.8) is 0 Å². The average Bonchev–Trinajstić information content (AvgIpc) is 2.17. The van der Waals surface area contributed by atoms with E-state index in [1.54, 1.807) is 6.92 Å². The molecule has 0 unspecified atom stereocenters. The Kier molecular flexibility index (Phi) is 3.72. The van der Waals surface area contributed by atoms with Gasteiger partial charge in [-0.25, -0.2) is 0 Å². The fourth-order valence-corrected chi connectivity index (χ4v) is 1.85. The van der Waals surface area contributed by atoms with Crippen molar-refractivity contribution in [1.29, 1.82) is 0 Å². The van der Waals surface area contributed by atoms with E-state index in [4.69, 9.17) is 5.73 Å². The van der Waals surface area contributed by atoms with Gasteiger partial charge in [-0.05, 0) is 25.7 Å². The lowest BCUT2D eigenvalue weighted by atomic mass is 9.94. The van der Waals surface area contributed by atoms with Crippen LogP contribution in [0.15, 0.2) is 0 Å². The fourth-order valence-electron chi connectivity index (χ4n) is 1.85. The van der Waals surface area contributed by atoms with Gasteiger partial charge in [0.1, 0.15) is 0 Å². The Morgan fingerprint density at radius 2 is 2.08 bits per heavy atom. The zero-order valence-corrected chi connectivity index (χ0v) is 8.62. The molecule has 0 saturated carbocycles. The first kappa shape index (κ1) is 10.5. The zero-order chi connectivity index (χ0) is 9.84. The highest BCUT2D eigenvalue weighted by molar-refractivity contribution is 5.81. The van der Waals surface area contributed by atoms with E-state index >= 15 is 0 Å². The lowest BCUT2D eigenvalue weighted by Crippen LogP contribution is -2.45. The molecule has 3 nitrogen and oxygen atoms in total. The van der Waals surface area contributed by atoms with Gasteiger partial charge in [0.2, 0.25) is 5.91 Å². The second-order valence-corrected chi connectivity index (χ2v) is 3.97. The van der Waals surface area contributed by atoms with Crippen LogP contribution in [0.2, 0.25) is 0 Å². The van der Waals surface area contributed by atoms with Gasteiger partial charge in [0.15, 0.2) is 0 Å². The summed E-state index contributed by atoms with van der Waals surface area (Å²) in [6, 6.07) is -0.335. The molecule has 0 aromatic rings. The van der Waals surface area contributed by atoms with Crippen molar-refractivity contribution >= 4 is 5.91 Å². The summed E-state index contributed by atoms with van der Waals surface area (Å²) < 4.78 is 0. The largest absolute Gasteiger partial charge is 0.341 e. The molecular formula is C10H20N2O. The van der Waals surface area contributed by atoms with E-state index in [-0.39, 0.29) is 11.9 Å². The van der Waals surface area contributed by atoms with Gasteiger partial charge in [-0.15, -0.1) is 0 Å². The molecule has 0 radical (unpaired) electrons. The number of hydrogen-bond donors (Lipinski definition) is 1. The van der Waals surface area contributed by atoms with Crippen LogP contribution in [-0.2, 0) is 4.79 Å². The lowest BCUT2D eigenvalue weighted by Gasteiger charge is -2.32. The maximum atomic E-state index is 11.5. The number of rotatable bonds is 2. The van der Waals surface area contributed by atoms with E-state index in [1.807, 2.05) is 4.90 Å². The third-order valence-corrected chi connectivity index (χ3v) is 2.89. The third-order valence-electron chi connectivity index (χ3n) is 2.89. The Labute approximate surface area is 80.3 Å². The Balaban J connectivity index is 2.36. The molecule has 2 N–H and O–H groups in total. The Morgan fingerprint density at radius 1 is 1.54 bits per heavy atom. The Morgan fingerprint density at radius 3 is 2.46 bits per heavy atom. The minimum absolute atomic E-state index is 0.106. The Bertz CT molecular complexity index is 172. The number of nitrogens with two attached hydrogens (primary N) is 1. The minimum Gasteiger partial charge on any atom is -0.341 e. The van der Waals surface area contributed by atoms with Crippen LogP contribution in [0.5, 0.6) is 0 Å². The molecule has 0 aliphatic carbocycles. The van der Waals surface area contributed by atoms with Crippen molar-refractivity contribution in [2.45, 2.75) is 39.2 Å². The molecule has 3 heteroatoms. The molecule has 1 aliphatic rings. The van der Waals surface area contributed by atoms with E-state index in [9.17, 15) is 4.79 Å². The summed E-state index contributed by atoms with van der Waals surface area (Å²) >= 11 is 0. The highest BCUT2D eigenvalue weighted by Crippen LogP contribution is 2.19. The molecule has 1 amide bonds. The fraction of sp³-hybridized carbons (Fsp3) is 0.900. The van der Waals surface area contributed by atoms with Gasteiger partial charge in [0.25, 0.3) is 0 Å². The average molecular weight is 184 g/mol. The van der Waals surface area contributed by atoms with Gasteiger partial charge < -0.3 is 10.6 Å². The molecule has 0 aromatic heterocycles. The number of carbonyl (C=O) groups excluding carboxylic acids is 1. The van der Waals surface area contributed by atoms with E-state index in [2.05, 4.69) is 6.92 Å². The Hall–Kier alpha value is -0.570. The van der Waals surface area contributed by atoms with Crippen molar-refractivity contribution in [3.05, 3.63) is 0 Å². The summed E-state index contributed by atoms with van der Waals surface area (Å²) in [5.74, 6) is 0.923. The molecule has 1 saturated heterocycles. The van der Waals surface area contributed by atoms with Crippen LogP contribution in [-0.4, -0.2) is 29.9 Å². The van der Waals surface area contributed by atoms with Gasteiger partial charge in [0.05, 0.1) is 6.04 Å². The highest BCUT2D eigenvalue weighted by Gasteiger charge is 2.23. The third kappa shape index (κ3) is 2.69. The number of amides is 1. The highest BCUT2D eigenvalue weighted by atomic mass is 16.2. The first-order valence-corrected chi connectivity index (χ1v) is 5.19. The summed E-state index contributed by atoms with van der Waals surface area (Å²) in [7, 11) is 0. The molecule has 1 heterocycles. The quantitative estimate of drug-likeness (QED) is 0.695. The molecule has 76 valence electrons. The number of carbonyl (C=O) groups is 1. The van der Waals surface area contributed by atoms with E-state index < -0.39 is 0 Å². The van der Waals surface area contributed by atoms with Crippen molar-refractivity contribution in [1.82, 2.24) is 4.90 Å². The normalized spacial score (nSPS) is 21.6. The van der Waals surface area contributed by atoms with Gasteiger partial charge in [-0.3, -0.25) is 4.79 Å². The number of piperidine rings is 1. The lowest BCUT2D eigenvalue weighted by molar-refractivity contribution is -0.133. The van der Waals surface area contributed by atoms with Crippen LogP contribution in [0.25, 0.3) is 0 Å². The topological polar surface area (TPSA) is 46.3 Å². The molecular weight excluding hydrogens is 164 g/mol. The maximum absolute atomic E-state index is 11.5. The molecule has 1 aliphatic heterocycles. The molecule has 13 heavy (non-hydrogen) atoms. The first-order chi connectivity index (χ1) is 6.15. The van der Waals surface area contributed by atoms with Gasteiger partial charge in [-0.2, -0.15) is 0 Å². The van der Waals surface area contributed by atoms with Crippen molar-refractivity contribution in [3.8, 4) is 0 Å². The second-order valence-electron chi connectivity index (χ2n) is 3.97. The number of likely N-dealkylation sites (tertiary alicyclic amines) is 1. The standard InChI is InChI=1S/C10H20N2O/c1-3-9-4-6-12(7-5-9)10(13)8(2)11/h8-9H,3-7,11H2,1-2H3/t8-/m0/s1. The molecule has 0 aromatic carbocycles. The minimum atomic E-state index is -0.335. The molecule has 1 fully saturated rings. The zero-order valence-electron chi connectivity index (χ0n) is 8.62. The summed E-state index contributed by atoms with van der Waals surface area (Å²) in [6.07, 6.45) is 3.53. The second kappa shape index (κ2) is 4.61. The summed E-state index contributed by atoms with van der Waals surface area (Å²) in [5, 5.41) is 0. The molecule has 1 atom stereocenters. The smallest absolute Gasteiger partial charge is 0.239 e. The maximum Gasteiger partial charge on any atom is 0.239 e.